The first-order chi connectivity index (χ1) is 10.1. The van der Waals surface area contributed by atoms with Gasteiger partial charge in [-0.2, -0.15) is 5.10 Å². The van der Waals surface area contributed by atoms with Crippen molar-refractivity contribution in [2.45, 2.75) is 13.3 Å². The van der Waals surface area contributed by atoms with Crippen molar-refractivity contribution in [2.75, 3.05) is 0 Å². The molecule has 0 amide bonds. The SMILES string of the molecule is Cc1cccc(-n2c(Cc3ccccc3F)n[nH]c2=O)c1. The van der Waals surface area contributed by atoms with Crippen LogP contribution in [-0.4, -0.2) is 14.8 Å². The largest absolute Gasteiger partial charge is 0.347 e. The molecule has 0 atom stereocenters. The van der Waals surface area contributed by atoms with Crippen LogP contribution in [0.2, 0.25) is 0 Å². The van der Waals surface area contributed by atoms with Crippen molar-refractivity contribution in [3.05, 3.63) is 81.8 Å². The van der Waals surface area contributed by atoms with Gasteiger partial charge in [-0.1, -0.05) is 30.3 Å². The van der Waals surface area contributed by atoms with E-state index >= 15 is 0 Å². The Hall–Kier alpha value is -2.69. The minimum absolute atomic E-state index is 0.249. The minimum Gasteiger partial charge on any atom is -0.247 e. The van der Waals surface area contributed by atoms with E-state index in [2.05, 4.69) is 10.2 Å². The van der Waals surface area contributed by atoms with Gasteiger partial charge in [0.05, 0.1) is 5.69 Å². The molecule has 0 radical (unpaired) electrons. The van der Waals surface area contributed by atoms with E-state index in [9.17, 15) is 9.18 Å². The van der Waals surface area contributed by atoms with E-state index in [0.717, 1.165) is 11.3 Å². The molecule has 0 aliphatic heterocycles. The monoisotopic (exact) mass is 283 g/mol. The van der Waals surface area contributed by atoms with Crippen molar-refractivity contribution in [2.24, 2.45) is 0 Å². The highest BCUT2D eigenvalue weighted by molar-refractivity contribution is 5.36. The van der Waals surface area contributed by atoms with Crippen LogP contribution in [-0.2, 0) is 6.42 Å². The molecule has 21 heavy (non-hydrogen) atoms. The normalized spacial score (nSPS) is 10.8. The highest BCUT2D eigenvalue weighted by Crippen LogP contribution is 2.14. The summed E-state index contributed by atoms with van der Waals surface area (Å²) in [6.45, 7) is 1.95. The fourth-order valence-corrected chi connectivity index (χ4v) is 2.29. The van der Waals surface area contributed by atoms with Crippen LogP contribution in [0.4, 0.5) is 4.39 Å². The predicted octanol–water partition coefficient (Wildman–Crippen LogP) is 2.60. The van der Waals surface area contributed by atoms with Crippen LogP contribution in [0.5, 0.6) is 0 Å². The zero-order chi connectivity index (χ0) is 14.8. The summed E-state index contributed by atoms with van der Waals surface area (Å²) in [5.41, 5.74) is 1.94. The second-order valence-electron chi connectivity index (χ2n) is 4.89. The molecule has 106 valence electrons. The van der Waals surface area contributed by atoms with Gasteiger partial charge in [0.1, 0.15) is 11.6 Å². The van der Waals surface area contributed by atoms with Gasteiger partial charge in [-0.3, -0.25) is 0 Å². The fraction of sp³-hybridized carbons (Fsp3) is 0.125. The van der Waals surface area contributed by atoms with Crippen LogP contribution >= 0.6 is 0 Å². The summed E-state index contributed by atoms with van der Waals surface area (Å²) >= 11 is 0. The van der Waals surface area contributed by atoms with Crippen LogP contribution in [0.15, 0.2) is 53.3 Å². The Morgan fingerprint density at radius 3 is 2.76 bits per heavy atom. The molecule has 0 fully saturated rings. The Balaban J connectivity index is 2.06. The summed E-state index contributed by atoms with van der Waals surface area (Å²) in [6, 6.07) is 14.0. The number of rotatable bonds is 3. The summed E-state index contributed by atoms with van der Waals surface area (Å²) in [5.74, 6) is 0.180. The molecule has 2 aromatic carbocycles. The number of aromatic nitrogens is 3. The average molecular weight is 283 g/mol. The maximum absolute atomic E-state index is 13.8. The molecule has 0 bridgehead atoms. The Labute approximate surface area is 120 Å². The van der Waals surface area contributed by atoms with Gasteiger partial charge in [-0.05, 0) is 36.2 Å². The third-order valence-electron chi connectivity index (χ3n) is 3.31. The quantitative estimate of drug-likeness (QED) is 0.803. The van der Waals surface area contributed by atoms with Gasteiger partial charge in [0.25, 0.3) is 0 Å². The van der Waals surface area contributed by atoms with E-state index in [0.29, 0.717) is 11.4 Å². The number of benzene rings is 2. The highest BCUT2D eigenvalue weighted by Gasteiger charge is 2.12. The second-order valence-corrected chi connectivity index (χ2v) is 4.89. The van der Waals surface area contributed by atoms with Crippen molar-refractivity contribution >= 4 is 0 Å². The molecule has 3 rings (SSSR count). The number of hydrogen-bond donors (Lipinski definition) is 1. The number of hydrogen-bond acceptors (Lipinski definition) is 2. The smallest absolute Gasteiger partial charge is 0.247 e. The third kappa shape index (κ3) is 2.63. The van der Waals surface area contributed by atoms with Gasteiger partial charge >= 0.3 is 5.69 Å². The third-order valence-corrected chi connectivity index (χ3v) is 3.31. The van der Waals surface area contributed by atoms with Crippen LogP contribution in [0.3, 0.4) is 0 Å². The van der Waals surface area contributed by atoms with E-state index in [4.69, 9.17) is 0 Å². The lowest BCUT2D eigenvalue weighted by molar-refractivity contribution is 0.611. The molecule has 0 saturated heterocycles. The minimum atomic E-state index is -0.327. The zero-order valence-corrected chi connectivity index (χ0v) is 11.5. The van der Waals surface area contributed by atoms with Crippen LogP contribution in [0, 0.1) is 12.7 Å². The van der Waals surface area contributed by atoms with Crippen molar-refractivity contribution in [1.29, 1.82) is 0 Å². The second kappa shape index (κ2) is 5.36. The summed E-state index contributed by atoms with van der Waals surface area (Å²) < 4.78 is 15.2. The van der Waals surface area contributed by atoms with Crippen molar-refractivity contribution in [3.8, 4) is 5.69 Å². The summed E-state index contributed by atoms with van der Waals surface area (Å²) in [6.07, 6.45) is 0.249. The highest BCUT2D eigenvalue weighted by atomic mass is 19.1. The molecule has 0 aliphatic rings. The van der Waals surface area contributed by atoms with Gasteiger partial charge in [0, 0.05) is 6.42 Å². The van der Waals surface area contributed by atoms with Gasteiger partial charge in [-0.15, -0.1) is 0 Å². The lowest BCUT2D eigenvalue weighted by Crippen LogP contribution is -2.17. The summed E-state index contributed by atoms with van der Waals surface area (Å²) in [5, 5.41) is 6.45. The van der Waals surface area contributed by atoms with E-state index in [1.54, 1.807) is 18.2 Å². The topological polar surface area (TPSA) is 50.7 Å². The van der Waals surface area contributed by atoms with Crippen molar-refractivity contribution < 1.29 is 4.39 Å². The van der Waals surface area contributed by atoms with E-state index in [-0.39, 0.29) is 17.9 Å². The Kier molecular flexibility index (Phi) is 3.39. The first-order valence-corrected chi connectivity index (χ1v) is 6.62. The number of nitrogens with one attached hydrogen (secondary N) is 1. The molecule has 0 aliphatic carbocycles. The van der Waals surface area contributed by atoms with E-state index in [1.807, 2.05) is 31.2 Å². The molecule has 1 heterocycles. The first-order valence-electron chi connectivity index (χ1n) is 6.62. The molecular formula is C16H14FN3O. The molecule has 0 spiro atoms. The van der Waals surface area contributed by atoms with Gasteiger partial charge in [0.2, 0.25) is 0 Å². The molecule has 0 unspecified atom stereocenters. The zero-order valence-electron chi connectivity index (χ0n) is 11.5. The van der Waals surface area contributed by atoms with E-state index in [1.165, 1.54) is 10.6 Å². The standard InChI is InChI=1S/C16H14FN3O/c1-11-5-4-7-13(9-11)20-15(18-19-16(20)21)10-12-6-2-3-8-14(12)17/h2-9H,10H2,1H3,(H,19,21). The van der Waals surface area contributed by atoms with Crippen molar-refractivity contribution in [3.63, 3.8) is 0 Å². The van der Waals surface area contributed by atoms with Crippen molar-refractivity contribution in [1.82, 2.24) is 14.8 Å². The number of halogens is 1. The van der Waals surface area contributed by atoms with Crippen LogP contribution in [0.1, 0.15) is 17.0 Å². The summed E-state index contributed by atoms with van der Waals surface area (Å²) in [7, 11) is 0. The number of H-pyrrole nitrogens is 1. The van der Waals surface area contributed by atoms with Gasteiger partial charge in [-0.25, -0.2) is 18.9 Å². The molecule has 4 nitrogen and oxygen atoms in total. The summed E-state index contributed by atoms with van der Waals surface area (Å²) in [4.78, 5) is 12.0. The number of aryl methyl sites for hydroxylation is 1. The lowest BCUT2D eigenvalue weighted by atomic mass is 10.1. The fourth-order valence-electron chi connectivity index (χ4n) is 2.29. The first kappa shape index (κ1) is 13.3. The Morgan fingerprint density at radius 2 is 2.00 bits per heavy atom. The predicted molar refractivity (Wildman–Crippen MR) is 78.1 cm³/mol. The average Bonchev–Trinajstić information content (AvgIpc) is 2.82. The molecule has 1 aromatic heterocycles. The maximum atomic E-state index is 13.8. The molecule has 0 saturated carbocycles. The van der Waals surface area contributed by atoms with Crippen LogP contribution < -0.4 is 5.69 Å². The van der Waals surface area contributed by atoms with E-state index < -0.39 is 0 Å². The van der Waals surface area contributed by atoms with Crippen LogP contribution in [0.25, 0.3) is 5.69 Å². The molecule has 3 aromatic rings. The molecule has 1 N–H and O–H groups in total. The molecular weight excluding hydrogens is 269 g/mol. The Bertz CT molecular complexity index is 835. The molecule has 5 heteroatoms. The maximum Gasteiger partial charge on any atom is 0.347 e. The van der Waals surface area contributed by atoms with Gasteiger partial charge < -0.3 is 0 Å². The number of aromatic amines is 1. The van der Waals surface area contributed by atoms with Gasteiger partial charge in [0.15, 0.2) is 0 Å². The number of nitrogens with zero attached hydrogens (tertiary/aromatic N) is 2. The lowest BCUT2D eigenvalue weighted by Gasteiger charge is -2.07. The Morgan fingerprint density at radius 1 is 1.19 bits per heavy atom.